The van der Waals surface area contributed by atoms with Gasteiger partial charge in [0.05, 0.1) is 5.56 Å². The Morgan fingerprint density at radius 3 is 3.00 bits per heavy atom. The van der Waals surface area contributed by atoms with Crippen molar-refractivity contribution in [2.24, 2.45) is 0 Å². The molecule has 0 spiro atoms. The highest BCUT2D eigenvalue weighted by atomic mass is 16.1. The van der Waals surface area contributed by atoms with E-state index in [1.165, 1.54) is 0 Å². The molecule has 4 nitrogen and oxygen atoms in total. The molecule has 4 heteroatoms. The molecule has 1 aliphatic rings. The third kappa shape index (κ3) is 2.39. The van der Waals surface area contributed by atoms with Crippen LogP contribution in [0.25, 0.3) is 0 Å². The van der Waals surface area contributed by atoms with Crippen molar-refractivity contribution in [1.29, 1.82) is 0 Å². The third-order valence-electron chi connectivity index (χ3n) is 2.96. The lowest BCUT2D eigenvalue weighted by Gasteiger charge is -2.22. The first-order valence-electron chi connectivity index (χ1n) is 5.65. The fraction of sp³-hybridized carbons (Fsp3) is 0.500. The molecule has 0 bridgehead atoms. The lowest BCUT2D eigenvalue weighted by molar-refractivity contribution is 0.112. The Hall–Kier alpha value is -1.42. The number of aldehydes is 1. The first-order chi connectivity index (χ1) is 7.81. The van der Waals surface area contributed by atoms with Crippen molar-refractivity contribution in [1.82, 2.24) is 9.88 Å². The second-order valence-electron chi connectivity index (χ2n) is 4.18. The van der Waals surface area contributed by atoms with Gasteiger partial charge in [-0.3, -0.25) is 4.79 Å². The van der Waals surface area contributed by atoms with Crippen LogP contribution in [0.5, 0.6) is 0 Å². The normalized spacial score (nSPS) is 18.2. The number of likely N-dealkylation sites (N-methyl/N-ethyl adjacent to an activating group) is 1. The van der Waals surface area contributed by atoms with Crippen molar-refractivity contribution < 1.29 is 4.79 Å². The molecular formula is C12H17N3O. The Morgan fingerprint density at radius 2 is 2.19 bits per heavy atom. The quantitative estimate of drug-likeness (QED) is 0.696. The SMILES string of the molecule is CN1CCCN(c2ncccc2C=O)CC1. The summed E-state index contributed by atoms with van der Waals surface area (Å²) in [6.45, 7) is 4.05. The maximum absolute atomic E-state index is 10.9. The van der Waals surface area contributed by atoms with Crippen LogP contribution < -0.4 is 4.90 Å². The molecule has 0 saturated carbocycles. The summed E-state index contributed by atoms with van der Waals surface area (Å²) < 4.78 is 0. The highest BCUT2D eigenvalue weighted by molar-refractivity contribution is 5.82. The van der Waals surface area contributed by atoms with Gasteiger partial charge in [-0.15, -0.1) is 0 Å². The van der Waals surface area contributed by atoms with E-state index in [2.05, 4.69) is 21.8 Å². The molecule has 2 heterocycles. The molecule has 1 aliphatic heterocycles. The first-order valence-corrected chi connectivity index (χ1v) is 5.65. The van der Waals surface area contributed by atoms with Gasteiger partial charge in [-0.2, -0.15) is 0 Å². The second-order valence-corrected chi connectivity index (χ2v) is 4.18. The molecule has 16 heavy (non-hydrogen) atoms. The van der Waals surface area contributed by atoms with Crippen LogP contribution in [0.15, 0.2) is 18.3 Å². The summed E-state index contributed by atoms with van der Waals surface area (Å²) in [5.41, 5.74) is 0.687. The number of hydrogen-bond donors (Lipinski definition) is 0. The number of carbonyl (C=O) groups excluding carboxylic acids is 1. The monoisotopic (exact) mass is 219 g/mol. The van der Waals surface area contributed by atoms with Gasteiger partial charge >= 0.3 is 0 Å². The van der Waals surface area contributed by atoms with Gasteiger partial charge in [0.2, 0.25) is 0 Å². The molecule has 0 aliphatic carbocycles. The van der Waals surface area contributed by atoms with Gasteiger partial charge in [0, 0.05) is 25.8 Å². The van der Waals surface area contributed by atoms with E-state index < -0.39 is 0 Å². The van der Waals surface area contributed by atoms with Crippen molar-refractivity contribution in [2.45, 2.75) is 6.42 Å². The van der Waals surface area contributed by atoms with Gasteiger partial charge in [-0.1, -0.05) is 0 Å². The highest BCUT2D eigenvalue weighted by Crippen LogP contribution is 2.16. The summed E-state index contributed by atoms with van der Waals surface area (Å²) in [6, 6.07) is 3.63. The average Bonchev–Trinajstić information content (AvgIpc) is 2.54. The van der Waals surface area contributed by atoms with Crippen LogP contribution >= 0.6 is 0 Å². The molecular weight excluding hydrogens is 202 g/mol. The smallest absolute Gasteiger partial charge is 0.153 e. The van der Waals surface area contributed by atoms with Crippen molar-refractivity contribution in [3.05, 3.63) is 23.9 Å². The van der Waals surface area contributed by atoms with Gasteiger partial charge < -0.3 is 9.80 Å². The number of hydrogen-bond acceptors (Lipinski definition) is 4. The van der Waals surface area contributed by atoms with Crippen LogP contribution in [0.4, 0.5) is 5.82 Å². The van der Waals surface area contributed by atoms with Crippen LogP contribution in [0.1, 0.15) is 16.8 Å². The fourth-order valence-corrected chi connectivity index (χ4v) is 2.02. The molecule has 1 aromatic rings. The zero-order chi connectivity index (χ0) is 11.4. The zero-order valence-corrected chi connectivity index (χ0v) is 9.59. The van der Waals surface area contributed by atoms with Crippen LogP contribution in [0.3, 0.4) is 0 Å². The maximum Gasteiger partial charge on any atom is 0.153 e. The molecule has 0 N–H and O–H groups in total. The Labute approximate surface area is 95.9 Å². The minimum Gasteiger partial charge on any atom is -0.355 e. The number of rotatable bonds is 2. The van der Waals surface area contributed by atoms with Crippen molar-refractivity contribution in [3.63, 3.8) is 0 Å². The second kappa shape index (κ2) is 5.07. The summed E-state index contributed by atoms with van der Waals surface area (Å²) >= 11 is 0. The minimum absolute atomic E-state index is 0.687. The average molecular weight is 219 g/mol. The Balaban J connectivity index is 2.19. The standard InChI is InChI=1S/C12H17N3O/c1-14-6-3-7-15(9-8-14)12-11(10-16)4-2-5-13-12/h2,4-5,10H,3,6-9H2,1H3. The van der Waals surface area contributed by atoms with Crippen LogP contribution in [0.2, 0.25) is 0 Å². The van der Waals surface area contributed by atoms with E-state index in [-0.39, 0.29) is 0 Å². The lowest BCUT2D eigenvalue weighted by Crippen LogP contribution is -2.30. The molecule has 1 saturated heterocycles. The topological polar surface area (TPSA) is 36.4 Å². The van der Waals surface area contributed by atoms with E-state index >= 15 is 0 Å². The molecule has 0 unspecified atom stereocenters. The molecule has 0 amide bonds. The van der Waals surface area contributed by atoms with Crippen LogP contribution in [0, 0.1) is 0 Å². The molecule has 0 aromatic carbocycles. The van der Waals surface area contributed by atoms with E-state index in [9.17, 15) is 4.79 Å². The summed E-state index contributed by atoms with van der Waals surface area (Å²) in [4.78, 5) is 19.8. The van der Waals surface area contributed by atoms with E-state index in [0.717, 1.165) is 44.7 Å². The Morgan fingerprint density at radius 1 is 1.31 bits per heavy atom. The highest BCUT2D eigenvalue weighted by Gasteiger charge is 2.15. The van der Waals surface area contributed by atoms with Crippen molar-refractivity contribution in [3.8, 4) is 0 Å². The summed E-state index contributed by atoms with van der Waals surface area (Å²) in [5.74, 6) is 0.827. The van der Waals surface area contributed by atoms with E-state index in [4.69, 9.17) is 0 Å². The summed E-state index contributed by atoms with van der Waals surface area (Å²) in [7, 11) is 2.13. The minimum atomic E-state index is 0.687. The Kier molecular flexibility index (Phi) is 3.51. The lowest BCUT2D eigenvalue weighted by atomic mass is 10.2. The number of nitrogens with zero attached hydrogens (tertiary/aromatic N) is 3. The predicted octanol–water partition coefficient (Wildman–Crippen LogP) is 1.04. The van der Waals surface area contributed by atoms with E-state index in [0.29, 0.717) is 5.56 Å². The Bertz CT molecular complexity index is 367. The van der Waals surface area contributed by atoms with Crippen molar-refractivity contribution in [2.75, 3.05) is 38.1 Å². The molecule has 0 radical (unpaired) electrons. The predicted molar refractivity (Wildman–Crippen MR) is 64.0 cm³/mol. The summed E-state index contributed by atoms with van der Waals surface area (Å²) in [5, 5.41) is 0. The van der Waals surface area contributed by atoms with Gasteiger partial charge in [0.1, 0.15) is 5.82 Å². The van der Waals surface area contributed by atoms with Gasteiger partial charge in [0.15, 0.2) is 6.29 Å². The third-order valence-corrected chi connectivity index (χ3v) is 2.96. The first kappa shape index (κ1) is 11.1. The molecule has 1 aromatic heterocycles. The number of aromatic nitrogens is 1. The van der Waals surface area contributed by atoms with Gasteiger partial charge in [-0.25, -0.2) is 4.98 Å². The summed E-state index contributed by atoms with van der Waals surface area (Å²) in [6.07, 6.45) is 3.75. The molecule has 0 atom stereocenters. The number of carbonyl (C=O) groups is 1. The van der Waals surface area contributed by atoms with Crippen LogP contribution in [-0.4, -0.2) is 49.4 Å². The molecule has 2 rings (SSSR count). The maximum atomic E-state index is 10.9. The molecule has 86 valence electrons. The van der Waals surface area contributed by atoms with E-state index in [1.807, 2.05) is 6.07 Å². The zero-order valence-electron chi connectivity index (χ0n) is 9.59. The largest absolute Gasteiger partial charge is 0.355 e. The molecule has 1 fully saturated rings. The van der Waals surface area contributed by atoms with E-state index in [1.54, 1.807) is 12.3 Å². The van der Waals surface area contributed by atoms with Gasteiger partial charge in [0.25, 0.3) is 0 Å². The number of pyridine rings is 1. The van der Waals surface area contributed by atoms with Crippen molar-refractivity contribution >= 4 is 12.1 Å². The van der Waals surface area contributed by atoms with Gasteiger partial charge in [-0.05, 0) is 32.1 Å². The van der Waals surface area contributed by atoms with Crippen LogP contribution in [-0.2, 0) is 0 Å². The fourth-order valence-electron chi connectivity index (χ4n) is 2.02. The number of anilines is 1.